The molecule has 0 atom stereocenters. The molecular formula is C47H58IrNO2S-. The van der Waals surface area contributed by atoms with Crippen LogP contribution in [0.2, 0.25) is 0 Å². The van der Waals surface area contributed by atoms with Crippen molar-refractivity contribution >= 4 is 49.9 Å². The first-order valence-electron chi connectivity index (χ1n) is 19.5. The van der Waals surface area contributed by atoms with Gasteiger partial charge in [-0.2, -0.15) is 0 Å². The Kier molecular flexibility index (Phi) is 13.1. The van der Waals surface area contributed by atoms with Gasteiger partial charge in [0.2, 0.25) is 0 Å². The van der Waals surface area contributed by atoms with E-state index < -0.39 is 0 Å². The van der Waals surface area contributed by atoms with Gasteiger partial charge in [0.1, 0.15) is 0 Å². The Bertz CT molecular complexity index is 2150. The Morgan fingerprint density at radius 1 is 0.865 bits per heavy atom. The summed E-state index contributed by atoms with van der Waals surface area (Å²) in [6.07, 6.45) is 7.20. The van der Waals surface area contributed by atoms with Gasteiger partial charge in [-0.1, -0.05) is 122 Å². The molecule has 1 aliphatic heterocycles. The summed E-state index contributed by atoms with van der Waals surface area (Å²) in [6, 6.07) is 21.5. The number of hydrogen-bond acceptors (Lipinski definition) is 4. The molecule has 279 valence electrons. The van der Waals surface area contributed by atoms with Crippen molar-refractivity contribution in [3.05, 3.63) is 89.3 Å². The molecule has 1 radical (unpaired) electrons. The first-order valence-corrected chi connectivity index (χ1v) is 19.8. The van der Waals surface area contributed by atoms with Crippen LogP contribution in [-0.4, -0.2) is 15.9 Å². The van der Waals surface area contributed by atoms with Crippen molar-refractivity contribution < 1.29 is 31.4 Å². The predicted octanol–water partition coefficient (Wildman–Crippen LogP) is 13.8. The molecule has 0 amide bonds. The van der Waals surface area contributed by atoms with Crippen LogP contribution >= 0.6 is 11.8 Å². The van der Waals surface area contributed by atoms with Crippen molar-refractivity contribution in [1.82, 2.24) is 4.98 Å². The maximum atomic E-state index is 11.7. The van der Waals surface area contributed by atoms with Gasteiger partial charge < -0.3 is 5.11 Å². The van der Waals surface area contributed by atoms with Crippen LogP contribution in [0, 0.1) is 35.7 Å². The fraction of sp³-hybridized carbons (Fsp3) is 0.447. The molecule has 0 fully saturated rings. The minimum Gasteiger partial charge on any atom is -0.512 e. The summed E-state index contributed by atoms with van der Waals surface area (Å²) < 4.78 is 8.69. The molecule has 1 aromatic heterocycles. The molecule has 0 saturated carbocycles. The van der Waals surface area contributed by atoms with Gasteiger partial charge in [-0.25, -0.2) is 0 Å². The normalized spacial score (nSPS) is 13.2. The van der Waals surface area contributed by atoms with Gasteiger partial charge in [0, 0.05) is 54.8 Å². The molecular weight excluding hydrogens is 835 g/mol. The first-order chi connectivity index (χ1) is 24.5. The molecule has 1 N–H and O–H groups in total. The zero-order valence-electron chi connectivity index (χ0n) is 34.1. The molecule has 3 nitrogen and oxygen atoms in total. The zero-order valence-corrected chi connectivity index (χ0v) is 36.3. The van der Waals surface area contributed by atoms with Crippen LogP contribution in [0.3, 0.4) is 0 Å². The predicted molar refractivity (Wildman–Crippen MR) is 220 cm³/mol. The summed E-state index contributed by atoms with van der Waals surface area (Å²) in [5.74, 6) is 0.547. The van der Waals surface area contributed by atoms with E-state index in [1.165, 1.54) is 54.1 Å². The Morgan fingerprint density at radius 2 is 1.52 bits per heavy atom. The third kappa shape index (κ3) is 9.20. The molecule has 1 aliphatic rings. The Morgan fingerprint density at radius 3 is 2.13 bits per heavy atom. The van der Waals surface area contributed by atoms with E-state index in [-0.39, 0.29) is 54.3 Å². The Labute approximate surface area is 332 Å². The van der Waals surface area contributed by atoms with Crippen LogP contribution in [0.15, 0.2) is 76.3 Å². The number of aryl methyl sites for hydroxylation is 1. The topological polar surface area (TPSA) is 50.2 Å². The second kappa shape index (κ2) is 17.0. The molecule has 4 aromatic carbocycles. The van der Waals surface area contributed by atoms with Gasteiger partial charge in [-0.15, -0.1) is 29.3 Å². The molecule has 5 aromatic rings. The van der Waals surface area contributed by atoms with Gasteiger partial charge in [0.15, 0.2) is 5.78 Å². The van der Waals surface area contributed by atoms with E-state index in [1.807, 2.05) is 45.5 Å². The summed E-state index contributed by atoms with van der Waals surface area (Å²) in [6.45, 7) is 24.0. The van der Waals surface area contributed by atoms with Crippen molar-refractivity contribution in [2.75, 3.05) is 0 Å². The number of carbonyl (C=O) groups excluding carboxylic acids is 1. The van der Waals surface area contributed by atoms with Gasteiger partial charge in [0.25, 0.3) is 0 Å². The average Bonchev–Trinajstić information content (AvgIpc) is 3.05. The maximum absolute atomic E-state index is 11.7. The molecule has 0 aliphatic carbocycles. The smallest absolute Gasteiger partial charge is 0.162 e. The summed E-state index contributed by atoms with van der Waals surface area (Å²) >= 11 is 1.88. The molecule has 6 rings (SSSR count). The van der Waals surface area contributed by atoms with Crippen LogP contribution in [0.1, 0.15) is 113 Å². The number of carbonyl (C=O) groups is 1. The molecule has 0 unspecified atom stereocenters. The standard InChI is InChI=1S/C34H34NS.C13H24O2.Ir/c1-20-11-12-23-22(15-20)16-27-31-30-25(13-14-35-31)24-10-8-9-21(18-33(2,3)4)26(24)17-29(30)36-32(27)28(23)19-34(5,6)7;1-5-10(6-2)12(14)9-13(15)11(7-3)8-4;/h8-15,17H,18-19H2,1-7H3;9-11,14H,5-8H2,1-4H3;/q-1;;/b;12-9-;/i14D;;. The number of rotatable bonds is 9. The molecule has 0 bridgehead atoms. The van der Waals surface area contributed by atoms with Crippen molar-refractivity contribution in [2.24, 2.45) is 22.7 Å². The van der Waals surface area contributed by atoms with Crippen molar-refractivity contribution in [3.8, 4) is 11.3 Å². The third-order valence-corrected chi connectivity index (χ3v) is 11.3. The summed E-state index contributed by atoms with van der Waals surface area (Å²) in [7, 11) is 0. The zero-order chi connectivity index (χ0) is 38.1. The van der Waals surface area contributed by atoms with Crippen LogP contribution in [-0.2, 0) is 37.7 Å². The van der Waals surface area contributed by atoms with E-state index in [0.717, 1.165) is 60.6 Å². The van der Waals surface area contributed by atoms with Gasteiger partial charge in [0.05, 0.1) is 7.13 Å². The minimum absolute atomic E-state index is 0. The fourth-order valence-corrected chi connectivity index (χ4v) is 8.71. The van der Waals surface area contributed by atoms with E-state index in [4.69, 9.17) is 6.35 Å². The van der Waals surface area contributed by atoms with Gasteiger partial charge in [-0.05, 0) is 100 Å². The maximum Gasteiger partial charge on any atom is 0.162 e. The van der Waals surface area contributed by atoms with Gasteiger partial charge in [-0.3, -0.25) is 9.78 Å². The van der Waals surface area contributed by atoms with E-state index in [2.05, 4.69) is 97.0 Å². The van der Waals surface area contributed by atoms with Crippen molar-refractivity contribution in [2.45, 2.75) is 124 Å². The second-order valence-electron chi connectivity index (χ2n) is 16.8. The molecule has 0 saturated heterocycles. The number of benzene rings is 4. The van der Waals surface area contributed by atoms with Crippen LogP contribution in [0.5, 0.6) is 0 Å². The third-order valence-electron chi connectivity index (χ3n) is 10.1. The summed E-state index contributed by atoms with van der Waals surface area (Å²) in [4.78, 5) is 19.1. The van der Waals surface area contributed by atoms with Crippen molar-refractivity contribution in [1.29, 1.82) is 0 Å². The number of aliphatic hydroxyl groups excluding tert-OH is 1. The number of hydrogen-bond donors (Lipinski definition) is 1. The van der Waals surface area contributed by atoms with E-state index in [0.29, 0.717) is 6.17 Å². The Balaban J connectivity index is 0.000000335. The van der Waals surface area contributed by atoms with E-state index >= 15 is 0 Å². The number of nitrogens with zero attached hydrogens (tertiary/aromatic N) is 1. The number of allylic oxidation sites excluding steroid dienone is 2. The number of aliphatic hydroxyl groups is 1. The quantitative estimate of drug-likeness (QED) is 0.0680. The van der Waals surface area contributed by atoms with Gasteiger partial charge >= 0.3 is 0 Å². The van der Waals surface area contributed by atoms with E-state index in [9.17, 15) is 9.90 Å². The average molecular weight is 894 g/mol. The second-order valence-corrected chi connectivity index (χ2v) is 17.9. The minimum atomic E-state index is 0. The largest absolute Gasteiger partial charge is 0.512 e. The molecule has 52 heavy (non-hydrogen) atoms. The summed E-state index contributed by atoms with van der Waals surface area (Å²) in [5.41, 5.74) is 6.27. The molecule has 2 heterocycles. The van der Waals surface area contributed by atoms with E-state index in [1.54, 1.807) is 0 Å². The monoisotopic (exact) mass is 894 g/mol. The van der Waals surface area contributed by atoms with Crippen molar-refractivity contribution in [3.63, 3.8) is 0 Å². The fourth-order valence-electron chi connectivity index (χ4n) is 7.45. The molecule has 5 heteroatoms. The van der Waals surface area contributed by atoms with Crippen LogP contribution < -0.4 is 0 Å². The van der Waals surface area contributed by atoms with Crippen LogP contribution in [0.25, 0.3) is 43.6 Å². The van der Waals surface area contributed by atoms with Crippen LogP contribution in [0.4, 0.5) is 0 Å². The molecule has 0 spiro atoms. The SMILES string of the molecule is CCC(CC)C(=O)/C=C(\O)C(CC)CC.[2H]c1cc2c3c(cc4c(CC(C)(C)C)cccc42)Sc2c([c-]c4cc(C)ccc4c2CC(C)(C)C)-c3n1.[Ir]. The number of aromatic nitrogens is 1. The number of fused-ring (bicyclic) bond motifs is 5. The number of ketones is 1. The summed E-state index contributed by atoms with van der Waals surface area (Å²) in [5, 5.41) is 17.0. The Hall–Kier alpha value is -2.98. The number of pyridine rings is 1. The first kappa shape index (κ1) is 40.2.